The van der Waals surface area contributed by atoms with Crippen molar-refractivity contribution in [3.05, 3.63) is 0 Å². The number of hydrogen-bond donors (Lipinski definition) is 6. The Balaban J connectivity index is -0.000000442. The third-order valence-electron chi connectivity index (χ3n) is 3.01. The number of ether oxygens (including phenoxy) is 1. The number of nitrogens with two attached hydrogens (primary N) is 1. The van der Waals surface area contributed by atoms with E-state index in [0.717, 1.165) is 13.0 Å². The number of unbranched alkanes of at least 4 members (excludes halogenated alkanes) is 9. The van der Waals surface area contributed by atoms with E-state index in [1.807, 2.05) is 0 Å². The van der Waals surface area contributed by atoms with Crippen LogP contribution in [-0.4, -0.2) is 57.9 Å². The Kier molecular flexibility index (Phi) is 31.1. The molecule has 0 heterocycles. The summed E-state index contributed by atoms with van der Waals surface area (Å²) in [5.74, 6) is 0. The van der Waals surface area contributed by atoms with Crippen LogP contribution in [0.1, 0.15) is 71.1 Å². The molecule has 0 rings (SSSR count). The Labute approximate surface area is 152 Å². The molecule has 8 nitrogen and oxygen atoms in total. The first-order valence-corrected chi connectivity index (χ1v) is 10.7. The molecule has 0 spiro atoms. The minimum atomic E-state index is -4.64. The topological polar surface area (TPSA) is 153 Å². The fraction of sp³-hybridized carbons (Fsp3) is 1.00. The number of hydrogen-bond acceptors (Lipinski definition) is 5. The second-order valence-electron chi connectivity index (χ2n) is 5.54. The molecule has 0 aromatic heterocycles. The highest BCUT2D eigenvalue weighted by Gasteiger charge is 2.00. The first-order chi connectivity index (χ1) is 11.8. The van der Waals surface area contributed by atoms with Crippen LogP contribution in [0.25, 0.3) is 0 Å². The Morgan fingerprint density at radius 1 is 0.760 bits per heavy atom. The summed E-state index contributed by atoms with van der Waals surface area (Å²) in [5.41, 5.74) is 4.78. The van der Waals surface area contributed by atoms with Crippen LogP contribution in [-0.2, 0) is 9.30 Å². The summed E-state index contributed by atoms with van der Waals surface area (Å²) < 4.78 is 14.1. The Morgan fingerprint density at radius 3 is 1.44 bits per heavy atom. The molecule has 25 heavy (non-hydrogen) atoms. The van der Waals surface area contributed by atoms with Crippen molar-refractivity contribution < 1.29 is 34.2 Å². The summed E-state index contributed by atoms with van der Waals surface area (Å²) in [7, 11) is -4.64. The standard InChI is InChI=1S/C14H30O2.C2H7NO.H3O4P/c1-2-3-4-5-6-7-8-9-10-11-13-16-14-12-15;3-1-2-4;1-5(2,3)4/h15H,2-14H2,1H3;4H,1-3H2;(H3,1,2,3,4). The average molecular weight is 389 g/mol. The molecule has 0 aliphatic heterocycles. The monoisotopic (exact) mass is 389 g/mol. The Bertz CT molecular complexity index is 241. The fourth-order valence-corrected chi connectivity index (χ4v) is 1.86. The lowest BCUT2D eigenvalue weighted by atomic mass is 10.1. The molecular weight excluding hydrogens is 349 g/mol. The van der Waals surface area contributed by atoms with Gasteiger partial charge in [0.15, 0.2) is 0 Å². The van der Waals surface area contributed by atoms with Crippen molar-refractivity contribution in [2.45, 2.75) is 71.1 Å². The zero-order chi connectivity index (χ0) is 19.8. The fourth-order valence-electron chi connectivity index (χ4n) is 1.86. The zero-order valence-corrected chi connectivity index (χ0v) is 16.6. The van der Waals surface area contributed by atoms with Gasteiger partial charge >= 0.3 is 7.82 Å². The van der Waals surface area contributed by atoms with Crippen LogP contribution in [0.15, 0.2) is 0 Å². The normalized spacial score (nSPS) is 10.5. The molecule has 0 amide bonds. The number of phosphoric acid groups is 1. The number of rotatable bonds is 14. The Morgan fingerprint density at radius 2 is 1.12 bits per heavy atom. The predicted octanol–water partition coefficient (Wildman–Crippen LogP) is 1.92. The van der Waals surface area contributed by atoms with Gasteiger partial charge in [-0.2, -0.15) is 0 Å². The smallest absolute Gasteiger partial charge is 0.395 e. The summed E-state index contributed by atoms with van der Waals surface area (Å²) in [6, 6.07) is 0. The zero-order valence-electron chi connectivity index (χ0n) is 15.7. The summed E-state index contributed by atoms with van der Waals surface area (Å²) in [4.78, 5) is 21.6. The van der Waals surface area contributed by atoms with E-state index in [0.29, 0.717) is 13.2 Å². The minimum Gasteiger partial charge on any atom is -0.395 e. The van der Waals surface area contributed by atoms with Gasteiger partial charge in [-0.25, -0.2) is 4.57 Å². The van der Waals surface area contributed by atoms with Crippen molar-refractivity contribution in [2.24, 2.45) is 5.73 Å². The van der Waals surface area contributed by atoms with E-state index in [4.69, 9.17) is 39.9 Å². The molecular formula is C16H40NO7P. The number of aliphatic hydroxyl groups is 2. The average Bonchev–Trinajstić information content (AvgIpc) is 2.54. The van der Waals surface area contributed by atoms with E-state index in [-0.39, 0.29) is 13.2 Å². The lowest BCUT2D eigenvalue weighted by molar-refractivity contribution is 0.0895. The molecule has 9 heteroatoms. The Hall–Kier alpha value is -0.0500. The van der Waals surface area contributed by atoms with E-state index in [1.54, 1.807) is 0 Å². The molecule has 0 fully saturated rings. The van der Waals surface area contributed by atoms with Crippen molar-refractivity contribution in [1.29, 1.82) is 0 Å². The lowest BCUT2D eigenvalue weighted by Gasteiger charge is -2.03. The van der Waals surface area contributed by atoms with Crippen molar-refractivity contribution in [3.8, 4) is 0 Å². The van der Waals surface area contributed by atoms with E-state index in [2.05, 4.69) is 6.92 Å². The first kappa shape index (κ1) is 29.7. The summed E-state index contributed by atoms with van der Waals surface area (Å²) in [6.45, 7) is 4.20. The molecule has 0 unspecified atom stereocenters. The summed E-state index contributed by atoms with van der Waals surface area (Å²) in [6.07, 6.45) is 13.6. The SMILES string of the molecule is CCCCCCCCCCCCOCCO.NCCO.O=P(O)(O)O. The maximum absolute atomic E-state index is 8.88. The lowest BCUT2D eigenvalue weighted by Crippen LogP contribution is -2.02. The van der Waals surface area contributed by atoms with Gasteiger partial charge in [-0.1, -0.05) is 64.7 Å². The van der Waals surface area contributed by atoms with Gasteiger partial charge < -0.3 is 35.4 Å². The minimum absolute atomic E-state index is 0.0972. The third kappa shape index (κ3) is 59.3. The maximum Gasteiger partial charge on any atom is 0.466 e. The van der Waals surface area contributed by atoms with Gasteiger partial charge in [0.1, 0.15) is 0 Å². The van der Waals surface area contributed by atoms with Crippen LogP contribution in [0.4, 0.5) is 0 Å². The molecule has 0 aliphatic rings. The molecule has 0 aromatic carbocycles. The quantitative estimate of drug-likeness (QED) is 0.195. The van der Waals surface area contributed by atoms with Crippen LogP contribution < -0.4 is 5.73 Å². The molecule has 156 valence electrons. The molecule has 0 atom stereocenters. The van der Waals surface area contributed by atoms with Crippen LogP contribution in [0, 0.1) is 0 Å². The van der Waals surface area contributed by atoms with Gasteiger partial charge in [-0.05, 0) is 6.42 Å². The van der Waals surface area contributed by atoms with Crippen LogP contribution in [0.3, 0.4) is 0 Å². The summed E-state index contributed by atoms with van der Waals surface area (Å²) >= 11 is 0. The van der Waals surface area contributed by atoms with Crippen LogP contribution in [0.2, 0.25) is 0 Å². The second kappa shape index (κ2) is 26.2. The van der Waals surface area contributed by atoms with E-state index < -0.39 is 7.82 Å². The van der Waals surface area contributed by atoms with E-state index >= 15 is 0 Å². The highest BCUT2D eigenvalue weighted by Crippen LogP contribution is 2.25. The van der Waals surface area contributed by atoms with Gasteiger partial charge in [-0.3, -0.25) is 0 Å². The maximum atomic E-state index is 8.88. The molecule has 0 radical (unpaired) electrons. The van der Waals surface area contributed by atoms with Crippen LogP contribution in [0.5, 0.6) is 0 Å². The second-order valence-corrected chi connectivity index (χ2v) is 6.57. The van der Waals surface area contributed by atoms with Crippen molar-refractivity contribution in [1.82, 2.24) is 0 Å². The highest BCUT2D eigenvalue weighted by molar-refractivity contribution is 7.45. The molecule has 0 aromatic rings. The van der Waals surface area contributed by atoms with E-state index in [9.17, 15) is 0 Å². The molecule has 7 N–H and O–H groups in total. The number of aliphatic hydroxyl groups excluding tert-OH is 2. The third-order valence-corrected chi connectivity index (χ3v) is 3.01. The summed E-state index contributed by atoms with van der Waals surface area (Å²) in [5, 5.41) is 16.3. The molecule has 0 saturated carbocycles. The van der Waals surface area contributed by atoms with Gasteiger partial charge in [0.2, 0.25) is 0 Å². The van der Waals surface area contributed by atoms with Crippen molar-refractivity contribution >= 4 is 7.82 Å². The van der Waals surface area contributed by atoms with Gasteiger partial charge in [0.05, 0.1) is 19.8 Å². The highest BCUT2D eigenvalue weighted by atomic mass is 31.2. The van der Waals surface area contributed by atoms with Gasteiger partial charge in [-0.15, -0.1) is 0 Å². The van der Waals surface area contributed by atoms with Gasteiger partial charge in [0.25, 0.3) is 0 Å². The van der Waals surface area contributed by atoms with Crippen molar-refractivity contribution in [2.75, 3.05) is 33.0 Å². The predicted molar refractivity (Wildman–Crippen MR) is 100 cm³/mol. The first-order valence-electron chi connectivity index (χ1n) is 9.11. The van der Waals surface area contributed by atoms with Gasteiger partial charge in [0, 0.05) is 13.2 Å². The molecule has 0 saturated heterocycles. The molecule has 0 aliphatic carbocycles. The molecule has 0 bridgehead atoms. The van der Waals surface area contributed by atoms with Crippen molar-refractivity contribution in [3.63, 3.8) is 0 Å². The van der Waals surface area contributed by atoms with Crippen LogP contribution >= 0.6 is 7.82 Å². The largest absolute Gasteiger partial charge is 0.466 e. The van der Waals surface area contributed by atoms with E-state index in [1.165, 1.54) is 57.8 Å².